The second-order valence-electron chi connectivity index (χ2n) is 8.21. The minimum absolute atomic E-state index is 0.0428. The van der Waals surface area contributed by atoms with Crippen LogP contribution in [0.3, 0.4) is 0 Å². The first-order valence-electron chi connectivity index (χ1n) is 11.4. The number of hydrogen-bond donors (Lipinski definition) is 0. The highest BCUT2D eigenvalue weighted by molar-refractivity contribution is 9.10. The third-order valence-corrected chi connectivity index (χ3v) is 7.59. The van der Waals surface area contributed by atoms with Crippen molar-refractivity contribution < 1.29 is 19.3 Å². The first kappa shape index (κ1) is 28.3. The van der Waals surface area contributed by atoms with Crippen LogP contribution in [0.1, 0.15) is 22.2 Å². The van der Waals surface area contributed by atoms with E-state index in [0.29, 0.717) is 43.1 Å². The molecular weight excluding hydrogens is 614 g/mol. The second kappa shape index (κ2) is 12.5. The summed E-state index contributed by atoms with van der Waals surface area (Å²) in [6.45, 7) is 1.45. The van der Waals surface area contributed by atoms with Gasteiger partial charge in [-0.15, -0.1) is 10.2 Å². The van der Waals surface area contributed by atoms with Crippen LogP contribution in [0.15, 0.2) is 70.3 Å². The minimum Gasteiger partial charge on any atom is -0.493 e. The molecule has 4 aromatic rings. The summed E-state index contributed by atoms with van der Waals surface area (Å²) in [4.78, 5) is 21.8. The Morgan fingerprint density at radius 1 is 1.10 bits per heavy atom. The third-order valence-electron chi connectivity index (χ3n) is 5.57. The standard InChI is InChI=1S/C25H21BrClN5O6S/c1-15-28-29-25(31(15)19-8-6-18(27)7-9-19)39-23(13-30(33)34)17-11-21(26)24(22(12-17)37-2)38-14-16-4-3-5-20(10-16)32(35)36/h3-12,23H,13-14H2,1-2H3/t23-/m0/s1. The molecule has 0 fully saturated rings. The van der Waals surface area contributed by atoms with E-state index in [-0.39, 0.29) is 23.8 Å². The Hall–Kier alpha value is -3.68. The fraction of sp³-hybridized carbons (Fsp3) is 0.200. The van der Waals surface area contributed by atoms with Crippen LogP contribution >= 0.6 is 39.3 Å². The molecule has 39 heavy (non-hydrogen) atoms. The van der Waals surface area contributed by atoms with Crippen molar-refractivity contribution in [3.8, 4) is 17.2 Å². The number of aryl methyl sites for hydroxylation is 1. The average molecular weight is 635 g/mol. The number of ether oxygens (including phenoxy) is 2. The first-order valence-corrected chi connectivity index (χ1v) is 13.4. The topological polar surface area (TPSA) is 135 Å². The van der Waals surface area contributed by atoms with Crippen molar-refractivity contribution in [1.82, 2.24) is 14.8 Å². The van der Waals surface area contributed by atoms with E-state index in [2.05, 4.69) is 26.1 Å². The zero-order chi connectivity index (χ0) is 28.1. The normalized spacial score (nSPS) is 11.7. The molecule has 14 heteroatoms. The number of halogens is 2. The maximum Gasteiger partial charge on any atom is 0.269 e. The van der Waals surface area contributed by atoms with E-state index in [9.17, 15) is 20.2 Å². The van der Waals surface area contributed by atoms with Gasteiger partial charge in [0.2, 0.25) is 6.54 Å². The second-order valence-corrected chi connectivity index (χ2v) is 10.7. The fourth-order valence-electron chi connectivity index (χ4n) is 3.76. The number of hydrogen-bond acceptors (Lipinski definition) is 9. The number of benzene rings is 3. The molecule has 202 valence electrons. The highest BCUT2D eigenvalue weighted by Crippen LogP contribution is 2.43. The van der Waals surface area contributed by atoms with Gasteiger partial charge >= 0.3 is 0 Å². The Morgan fingerprint density at radius 3 is 2.51 bits per heavy atom. The number of methoxy groups -OCH3 is 1. The molecule has 4 rings (SSSR count). The molecule has 0 unspecified atom stereocenters. The van der Waals surface area contributed by atoms with Crippen LogP contribution in [0.25, 0.3) is 5.69 Å². The summed E-state index contributed by atoms with van der Waals surface area (Å²) in [7, 11) is 1.46. The lowest BCUT2D eigenvalue weighted by Crippen LogP contribution is -2.12. The van der Waals surface area contributed by atoms with Crippen LogP contribution in [0.5, 0.6) is 11.5 Å². The third kappa shape index (κ3) is 6.85. The number of rotatable bonds is 11. The van der Waals surface area contributed by atoms with Gasteiger partial charge in [-0.2, -0.15) is 0 Å². The highest BCUT2D eigenvalue weighted by atomic mass is 79.9. The number of nitro benzene ring substituents is 1. The van der Waals surface area contributed by atoms with Gasteiger partial charge in [0.05, 0.1) is 16.5 Å². The summed E-state index contributed by atoms with van der Waals surface area (Å²) < 4.78 is 13.8. The van der Waals surface area contributed by atoms with Crippen LogP contribution < -0.4 is 9.47 Å². The maximum atomic E-state index is 11.6. The summed E-state index contributed by atoms with van der Waals surface area (Å²) >= 11 is 10.7. The Labute approximate surface area is 240 Å². The molecule has 1 atom stereocenters. The van der Waals surface area contributed by atoms with Crippen LogP contribution in [-0.2, 0) is 6.61 Å². The smallest absolute Gasteiger partial charge is 0.269 e. The summed E-state index contributed by atoms with van der Waals surface area (Å²) in [5, 5.41) is 31.5. The molecule has 0 bridgehead atoms. The van der Waals surface area contributed by atoms with E-state index in [1.165, 1.54) is 31.0 Å². The molecule has 0 N–H and O–H groups in total. The van der Waals surface area contributed by atoms with Crippen LogP contribution in [-0.4, -0.2) is 38.3 Å². The van der Waals surface area contributed by atoms with E-state index in [0.717, 1.165) is 5.69 Å². The number of aromatic nitrogens is 3. The molecule has 11 nitrogen and oxygen atoms in total. The van der Waals surface area contributed by atoms with Crippen molar-refractivity contribution in [2.45, 2.75) is 23.9 Å². The molecule has 0 saturated carbocycles. The van der Waals surface area contributed by atoms with Gasteiger partial charge < -0.3 is 9.47 Å². The van der Waals surface area contributed by atoms with Gasteiger partial charge in [0.15, 0.2) is 16.7 Å². The number of nitrogens with zero attached hydrogens (tertiary/aromatic N) is 5. The summed E-state index contributed by atoms with van der Waals surface area (Å²) in [5.74, 6) is 1.32. The van der Waals surface area contributed by atoms with Crippen LogP contribution in [0.4, 0.5) is 5.69 Å². The van der Waals surface area contributed by atoms with E-state index in [1.54, 1.807) is 47.9 Å². The monoisotopic (exact) mass is 633 g/mol. The molecule has 3 aromatic carbocycles. The molecule has 0 saturated heterocycles. The Balaban J connectivity index is 1.64. The first-order chi connectivity index (χ1) is 18.7. The summed E-state index contributed by atoms with van der Waals surface area (Å²) in [6, 6.07) is 16.6. The number of thioether (sulfide) groups is 1. The molecule has 0 spiro atoms. The van der Waals surface area contributed by atoms with Crippen molar-refractivity contribution in [1.29, 1.82) is 0 Å². The van der Waals surface area contributed by atoms with Gasteiger partial charge in [0, 0.05) is 27.8 Å². The van der Waals surface area contributed by atoms with Crippen molar-refractivity contribution in [2.24, 2.45) is 0 Å². The Morgan fingerprint density at radius 2 is 1.85 bits per heavy atom. The lowest BCUT2D eigenvalue weighted by atomic mass is 10.1. The van der Waals surface area contributed by atoms with Crippen molar-refractivity contribution in [3.63, 3.8) is 0 Å². The van der Waals surface area contributed by atoms with Gasteiger partial charge in [-0.3, -0.25) is 24.8 Å². The molecule has 0 aliphatic heterocycles. The largest absolute Gasteiger partial charge is 0.493 e. The van der Waals surface area contributed by atoms with Gasteiger partial charge in [-0.05, 0) is 70.4 Å². The molecule has 1 aromatic heterocycles. The van der Waals surface area contributed by atoms with Crippen LogP contribution in [0.2, 0.25) is 5.02 Å². The van der Waals surface area contributed by atoms with Gasteiger partial charge in [0.1, 0.15) is 17.7 Å². The molecule has 0 aliphatic carbocycles. The molecule has 0 aliphatic rings. The van der Waals surface area contributed by atoms with Crippen molar-refractivity contribution >= 4 is 45.0 Å². The molecule has 1 heterocycles. The fourth-order valence-corrected chi connectivity index (χ4v) is 5.62. The zero-order valence-electron chi connectivity index (χ0n) is 20.6. The van der Waals surface area contributed by atoms with E-state index in [4.69, 9.17) is 21.1 Å². The summed E-state index contributed by atoms with van der Waals surface area (Å²) in [5.41, 5.74) is 1.93. The number of nitro groups is 2. The zero-order valence-corrected chi connectivity index (χ0v) is 23.8. The molecular formula is C25H21BrClN5O6S. The SMILES string of the molecule is COc1cc([C@H](C[N+](=O)[O-])Sc2nnc(C)n2-c2ccc(Cl)cc2)cc(Br)c1OCc1cccc([N+](=O)[O-])c1. The summed E-state index contributed by atoms with van der Waals surface area (Å²) in [6.07, 6.45) is 0. The van der Waals surface area contributed by atoms with Gasteiger partial charge in [-0.1, -0.05) is 35.5 Å². The maximum absolute atomic E-state index is 11.6. The van der Waals surface area contributed by atoms with E-state index >= 15 is 0 Å². The number of non-ortho nitro benzene ring substituents is 1. The van der Waals surface area contributed by atoms with E-state index < -0.39 is 10.2 Å². The van der Waals surface area contributed by atoms with Crippen LogP contribution in [0, 0.1) is 27.2 Å². The lowest BCUT2D eigenvalue weighted by molar-refractivity contribution is -0.479. The minimum atomic E-state index is -0.648. The Kier molecular flexibility index (Phi) is 9.04. The van der Waals surface area contributed by atoms with E-state index in [1.807, 2.05) is 12.1 Å². The van der Waals surface area contributed by atoms with Gasteiger partial charge in [-0.25, -0.2) is 0 Å². The molecule has 0 radical (unpaired) electrons. The predicted octanol–water partition coefficient (Wildman–Crippen LogP) is 6.60. The predicted molar refractivity (Wildman–Crippen MR) is 150 cm³/mol. The van der Waals surface area contributed by atoms with Crippen molar-refractivity contribution in [3.05, 3.63) is 107 Å². The lowest BCUT2D eigenvalue weighted by Gasteiger charge is -2.18. The van der Waals surface area contributed by atoms with Gasteiger partial charge in [0.25, 0.3) is 5.69 Å². The Bertz CT molecular complexity index is 1520. The quantitative estimate of drug-likeness (QED) is 0.102. The average Bonchev–Trinajstić information content (AvgIpc) is 3.27. The highest BCUT2D eigenvalue weighted by Gasteiger charge is 2.26. The molecule has 0 amide bonds. The van der Waals surface area contributed by atoms with Crippen molar-refractivity contribution in [2.75, 3.05) is 13.7 Å².